The highest BCUT2D eigenvalue weighted by Gasteiger charge is 2.06. The van der Waals surface area contributed by atoms with Gasteiger partial charge in [-0.1, -0.05) is 24.0 Å². The molecule has 0 bridgehead atoms. The Balaban J connectivity index is 2.83. The molecule has 0 aromatic heterocycles. The van der Waals surface area contributed by atoms with Crippen molar-refractivity contribution in [1.29, 1.82) is 0 Å². The fraction of sp³-hybridized carbons (Fsp3) is 0.231. The molecule has 2 amide bonds. The topological polar surface area (TPSA) is 58.2 Å². The molecule has 0 fully saturated rings. The van der Waals surface area contributed by atoms with E-state index in [0.29, 0.717) is 11.1 Å². The highest BCUT2D eigenvalue weighted by molar-refractivity contribution is 5.96. The van der Waals surface area contributed by atoms with Gasteiger partial charge in [0.1, 0.15) is 0 Å². The van der Waals surface area contributed by atoms with Crippen LogP contribution in [0.1, 0.15) is 22.8 Å². The van der Waals surface area contributed by atoms with Crippen LogP contribution in [0.25, 0.3) is 0 Å². The summed E-state index contributed by atoms with van der Waals surface area (Å²) in [5.41, 5.74) is 1.18. The molecule has 0 aliphatic rings. The van der Waals surface area contributed by atoms with E-state index in [9.17, 15) is 9.59 Å². The second kappa shape index (κ2) is 6.33. The molecule has 0 radical (unpaired) electrons. The number of rotatable bonds is 2. The molecule has 0 aliphatic carbocycles. The van der Waals surface area contributed by atoms with E-state index in [1.807, 2.05) is 6.07 Å². The molecule has 4 heteroatoms. The molecule has 0 saturated heterocycles. The van der Waals surface area contributed by atoms with Crippen LogP contribution in [0.3, 0.4) is 0 Å². The zero-order valence-corrected chi connectivity index (χ0v) is 9.83. The Morgan fingerprint density at radius 1 is 1.29 bits per heavy atom. The SMILES string of the molecule is CNC(=O)c1ccccc1C#CCNC(C)=O. The van der Waals surface area contributed by atoms with E-state index < -0.39 is 0 Å². The van der Waals surface area contributed by atoms with Gasteiger partial charge in [0.25, 0.3) is 5.91 Å². The van der Waals surface area contributed by atoms with Crippen molar-refractivity contribution >= 4 is 11.8 Å². The van der Waals surface area contributed by atoms with Crippen molar-refractivity contribution in [3.63, 3.8) is 0 Å². The third-order valence-electron chi connectivity index (χ3n) is 2.05. The summed E-state index contributed by atoms with van der Waals surface area (Å²) in [6.45, 7) is 1.71. The van der Waals surface area contributed by atoms with Gasteiger partial charge in [0.05, 0.1) is 12.1 Å². The number of benzene rings is 1. The van der Waals surface area contributed by atoms with Crippen molar-refractivity contribution in [3.8, 4) is 11.8 Å². The maximum atomic E-state index is 11.5. The molecule has 0 spiro atoms. The summed E-state index contributed by atoms with van der Waals surface area (Å²) < 4.78 is 0. The van der Waals surface area contributed by atoms with Crippen molar-refractivity contribution in [1.82, 2.24) is 10.6 Å². The molecular formula is C13H14N2O2. The van der Waals surface area contributed by atoms with Crippen LogP contribution >= 0.6 is 0 Å². The number of hydrogen-bond donors (Lipinski definition) is 2. The van der Waals surface area contributed by atoms with Crippen LogP contribution in [0, 0.1) is 11.8 Å². The second-order valence-electron chi connectivity index (χ2n) is 3.34. The Morgan fingerprint density at radius 3 is 2.65 bits per heavy atom. The van der Waals surface area contributed by atoms with Crippen molar-refractivity contribution < 1.29 is 9.59 Å². The van der Waals surface area contributed by atoms with Gasteiger partial charge in [0.15, 0.2) is 0 Å². The lowest BCUT2D eigenvalue weighted by Crippen LogP contribution is -2.20. The summed E-state index contributed by atoms with van der Waals surface area (Å²) in [5.74, 6) is 5.35. The Hall–Kier alpha value is -2.28. The summed E-state index contributed by atoms with van der Waals surface area (Å²) in [7, 11) is 1.57. The molecule has 2 N–H and O–H groups in total. The first kappa shape index (κ1) is 12.8. The number of carbonyl (C=O) groups excluding carboxylic acids is 2. The Bertz CT molecular complexity index is 484. The minimum atomic E-state index is -0.172. The van der Waals surface area contributed by atoms with Gasteiger partial charge in [-0.05, 0) is 12.1 Å². The average Bonchev–Trinajstić information content (AvgIpc) is 2.34. The number of amides is 2. The summed E-state index contributed by atoms with van der Waals surface area (Å²) in [5, 5.41) is 5.12. The van der Waals surface area contributed by atoms with Gasteiger partial charge in [0.2, 0.25) is 5.91 Å². The third-order valence-corrected chi connectivity index (χ3v) is 2.05. The first-order chi connectivity index (χ1) is 8.15. The predicted molar refractivity (Wildman–Crippen MR) is 65.4 cm³/mol. The lowest BCUT2D eigenvalue weighted by atomic mass is 10.1. The minimum Gasteiger partial charge on any atom is -0.355 e. The molecule has 17 heavy (non-hydrogen) atoms. The molecular weight excluding hydrogens is 216 g/mol. The molecule has 0 heterocycles. The molecule has 1 aromatic rings. The Kier molecular flexibility index (Phi) is 4.77. The second-order valence-corrected chi connectivity index (χ2v) is 3.34. The van der Waals surface area contributed by atoms with Gasteiger partial charge in [-0.3, -0.25) is 9.59 Å². The van der Waals surface area contributed by atoms with Crippen LogP contribution in [0.5, 0.6) is 0 Å². The zero-order valence-electron chi connectivity index (χ0n) is 9.83. The van der Waals surface area contributed by atoms with Crippen LogP contribution < -0.4 is 10.6 Å². The van der Waals surface area contributed by atoms with Crippen LogP contribution in [0.4, 0.5) is 0 Å². The molecule has 88 valence electrons. The standard InChI is InChI=1S/C13H14N2O2/c1-10(16)15-9-5-7-11-6-3-4-8-12(11)13(17)14-2/h3-4,6,8H,9H2,1-2H3,(H,14,17)(H,15,16). The first-order valence-electron chi connectivity index (χ1n) is 5.19. The van der Waals surface area contributed by atoms with Gasteiger partial charge < -0.3 is 10.6 Å². The summed E-state index contributed by atoms with van der Waals surface area (Å²) in [4.78, 5) is 22.2. The zero-order chi connectivity index (χ0) is 12.7. The summed E-state index contributed by atoms with van der Waals surface area (Å²) in [6, 6.07) is 7.07. The molecule has 1 aromatic carbocycles. The van der Waals surface area contributed by atoms with Gasteiger partial charge in [-0.2, -0.15) is 0 Å². The molecule has 1 rings (SSSR count). The summed E-state index contributed by atoms with van der Waals surface area (Å²) in [6.07, 6.45) is 0. The quantitative estimate of drug-likeness (QED) is 0.728. The first-order valence-corrected chi connectivity index (χ1v) is 5.19. The maximum Gasteiger partial charge on any atom is 0.252 e. The Labute approximate surface area is 100 Å². The molecule has 0 saturated carbocycles. The fourth-order valence-electron chi connectivity index (χ4n) is 1.23. The normalized spacial score (nSPS) is 8.82. The van der Waals surface area contributed by atoms with E-state index >= 15 is 0 Å². The largest absolute Gasteiger partial charge is 0.355 e. The average molecular weight is 230 g/mol. The molecule has 4 nitrogen and oxygen atoms in total. The van der Waals surface area contributed by atoms with E-state index in [4.69, 9.17) is 0 Å². The van der Waals surface area contributed by atoms with E-state index in [2.05, 4.69) is 22.5 Å². The third kappa shape index (κ3) is 3.99. The predicted octanol–water partition coefficient (Wildman–Crippen LogP) is 0.534. The van der Waals surface area contributed by atoms with E-state index in [-0.39, 0.29) is 18.4 Å². The lowest BCUT2D eigenvalue weighted by Gasteiger charge is -2.01. The van der Waals surface area contributed by atoms with Crippen molar-refractivity contribution in [2.24, 2.45) is 0 Å². The Morgan fingerprint density at radius 2 is 2.00 bits per heavy atom. The van der Waals surface area contributed by atoms with Crippen LogP contribution in [0.15, 0.2) is 24.3 Å². The smallest absolute Gasteiger partial charge is 0.252 e. The monoisotopic (exact) mass is 230 g/mol. The molecule has 0 unspecified atom stereocenters. The highest BCUT2D eigenvalue weighted by atomic mass is 16.2. The fourth-order valence-corrected chi connectivity index (χ4v) is 1.23. The van der Waals surface area contributed by atoms with Crippen molar-refractivity contribution in [2.45, 2.75) is 6.92 Å². The van der Waals surface area contributed by atoms with E-state index in [0.717, 1.165) is 0 Å². The summed E-state index contributed by atoms with van der Waals surface area (Å²) >= 11 is 0. The van der Waals surface area contributed by atoms with Gasteiger partial charge in [0, 0.05) is 19.5 Å². The molecule has 0 aliphatic heterocycles. The minimum absolute atomic E-state index is 0.126. The van der Waals surface area contributed by atoms with E-state index in [1.165, 1.54) is 6.92 Å². The van der Waals surface area contributed by atoms with Gasteiger partial charge in [-0.15, -0.1) is 0 Å². The van der Waals surface area contributed by atoms with Crippen molar-refractivity contribution in [2.75, 3.05) is 13.6 Å². The number of carbonyl (C=O) groups is 2. The van der Waals surface area contributed by atoms with Crippen LogP contribution in [-0.4, -0.2) is 25.4 Å². The van der Waals surface area contributed by atoms with E-state index in [1.54, 1.807) is 25.2 Å². The maximum absolute atomic E-state index is 11.5. The number of hydrogen-bond acceptors (Lipinski definition) is 2. The number of nitrogens with one attached hydrogen (secondary N) is 2. The van der Waals surface area contributed by atoms with Crippen LogP contribution in [0.2, 0.25) is 0 Å². The van der Waals surface area contributed by atoms with Gasteiger partial charge in [-0.25, -0.2) is 0 Å². The lowest BCUT2D eigenvalue weighted by molar-refractivity contribution is -0.118. The van der Waals surface area contributed by atoms with Crippen molar-refractivity contribution in [3.05, 3.63) is 35.4 Å². The molecule has 0 atom stereocenters. The van der Waals surface area contributed by atoms with Gasteiger partial charge >= 0.3 is 0 Å². The highest BCUT2D eigenvalue weighted by Crippen LogP contribution is 2.06. The van der Waals surface area contributed by atoms with Crippen LogP contribution in [-0.2, 0) is 4.79 Å².